The minimum Gasteiger partial charge on any atom is -0.309 e. The maximum Gasteiger partial charge on any atom is 0.0389 e. The van der Waals surface area contributed by atoms with Crippen LogP contribution in [-0.4, -0.2) is 6.54 Å². The molecule has 2 rings (SSSR count). The van der Waals surface area contributed by atoms with E-state index in [1.54, 1.807) is 0 Å². The molecular formula is C17H25NS. The first kappa shape index (κ1) is 14.5. The fourth-order valence-electron chi connectivity index (χ4n) is 2.30. The standard InChI is InChI=1S/C17H25NS/c1-11(2)12(3)10-18-14(5)17-13(4)15-8-6-7-9-16(15)19-17/h6-9,11-12,14,18H,10H2,1-5H3. The van der Waals surface area contributed by atoms with Crippen molar-refractivity contribution in [2.75, 3.05) is 6.54 Å². The zero-order chi connectivity index (χ0) is 14.0. The van der Waals surface area contributed by atoms with Crippen LogP contribution in [0.25, 0.3) is 10.1 Å². The SMILES string of the molecule is Cc1c(C(C)NCC(C)C(C)C)sc2ccccc12. The smallest absolute Gasteiger partial charge is 0.0389 e. The predicted octanol–water partition coefficient (Wildman–Crippen LogP) is 5.15. The van der Waals surface area contributed by atoms with Gasteiger partial charge in [-0.3, -0.25) is 0 Å². The van der Waals surface area contributed by atoms with Crippen molar-refractivity contribution in [2.24, 2.45) is 11.8 Å². The van der Waals surface area contributed by atoms with Crippen molar-refractivity contribution in [3.8, 4) is 0 Å². The van der Waals surface area contributed by atoms with Gasteiger partial charge in [0, 0.05) is 15.6 Å². The van der Waals surface area contributed by atoms with Crippen LogP contribution < -0.4 is 5.32 Å². The first-order chi connectivity index (χ1) is 9.00. The first-order valence-electron chi connectivity index (χ1n) is 7.22. The van der Waals surface area contributed by atoms with Crippen LogP contribution in [0.2, 0.25) is 0 Å². The minimum atomic E-state index is 0.443. The number of thiophene rings is 1. The van der Waals surface area contributed by atoms with Gasteiger partial charge in [0.2, 0.25) is 0 Å². The van der Waals surface area contributed by atoms with Gasteiger partial charge in [0.25, 0.3) is 0 Å². The van der Waals surface area contributed by atoms with E-state index in [2.05, 4.69) is 64.2 Å². The Bertz CT molecular complexity index is 541. The second-order valence-electron chi connectivity index (χ2n) is 5.94. The van der Waals surface area contributed by atoms with E-state index in [-0.39, 0.29) is 0 Å². The van der Waals surface area contributed by atoms with Crippen LogP contribution in [0, 0.1) is 18.8 Å². The van der Waals surface area contributed by atoms with Crippen LogP contribution >= 0.6 is 11.3 Å². The summed E-state index contributed by atoms with van der Waals surface area (Å²) >= 11 is 1.93. The molecule has 19 heavy (non-hydrogen) atoms. The monoisotopic (exact) mass is 275 g/mol. The molecule has 0 fully saturated rings. The van der Waals surface area contributed by atoms with Crippen molar-refractivity contribution in [1.82, 2.24) is 5.32 Å². The highest BCUT2D eigenvalue weighted by Crippen LogP contribution is 2.34. The molecule has 0 saturated carbocycles. The topological polar surface area (TPSA) is 12.0 Å². The van der Waals surface area contributed by atoms with E-state index in [9.17, 15) is 0 Å². The van der Waals surface area contributed by atoms with Gasteiger partial charge in [0.05, 0.1) is 0 Å². The lowest BCUT2D eigenvalue weighted by molar-refractivity contribution is 0.376. The zero-order valence-corrected chi connectivity index (χ0v) is 13.5. The Kier molecular flexibility index (Phi) is 4.64. The highest BCUT2D eigenvalue weighted by molar-refractivity contribution is 7.19. The molecule has 1 aromatic heterocycles. The van der Waals surface area contributed by atoms with E-state index in [1.807, 2.05) is 11.3 Å². The minimum absolute atomic E-state index is 0.443. The summed E-state index contributed by atoms with van der Waals surface area (Å²) in [4.78, 5) is 1.48. The Labute approximate surface area is 121 Å². The summed E-state index contributed by atoms with van der Waals surface area (Å²) in [6.45, 7) is 12.5. The highest BCUT2D eigenvalue weighted by atomic mass is 32.1. The van der Waals surface area contributed by atoms with Gasteiger partial charge in [-0.1, -0.05) is 39.0 Å². The van der Waals surface area contributed by atoms with E-state index in [0.29, 0.717) is 6.04 Å². The molecule has 0 saturated heterocycles. The van der Waals surface area contributed by atoms with Gasteiger partial charge in [-0.15, -0.1) is 11.3 Å². The van der Waals surface area contributed by atoms with Gasteiger partial charge in [-0.25, -0.2) is 0 Å². The third-order valence-electron chi connectivity index (χ3n) is 4.16. The number of nitrogens with one attached hydrogen (secondary N) is 1. The maximum absolute atomic E-state index is 3.69. The molecule has 0 spiro atoms. The van der Waals surface area contributed by atoms with Crippen LogP contribution in [0.1, 0.15) is 44.2 Å². The number of hydrogen-bond donors (Lipinski definition) is 1. The fraction of sp³-hybridized carbons (Fsp3) is 0.529. The van der Waals surface area contributed by atoms with Crippen LogP contribution in [0.5, 0.6) is 0 Å². The van der Waals surface area contributed by atoms with Crippen LogP contribution in [-0.2, 0) is 0 Å². The highest BCUT2D eigenvalue weighted by Gasteiger charge is 2.15. The summed E-state index contributed by atoms with van der Waals surface area (Å²) < 4.78 is 1.40. The average molecular weight is 275 g/mol. The molecule has 1 nitrogen and oxygen atoms in total. The van der Waals surface area contributed by atoms with Gasteiger partial charge >= 0.3 is 0 Å². The lowest BCUT2D eigenvalue weighted by atomic mass is 9.98. The predicted molar refractivity (Wildman–Crippen MR) is 87.0 cm³/mol. The van der Waals surface area contributed by atoms with Gasteiger partial charge in [-0.2, -0.15) is 0 Å². The van der Waals surface area contributed by atoms with Crippen LogP contribution in [0.15, 0.2) is 24.3 Å². The van der Waals surface area contributed by atoms with Crippen molar-refractivity contribution in [3.63, 3.8) is 0 Å². The molecule has 0 radical (unpaired) electrons. The van der Waals surface area contributed by atoms with Crippen molar-refractivity contribution in [3.05, 3.63) is 34.7 Å². The maximum atomic E-state index is 3.69. The number of rotatable bonds is 5. The van der Waals surface area contributed by atoms with E-state index >= 15 is 0 Å². The Balaban J connectivity index is 2.13. The molecule has 0 amide bonds. The van der Waals surface area contributed by atoms with E-state index in [0.717, 1.165) is 18.4 Å². The summed E-state index contributed by atoms with van der Waals surface area (Å²) in [6, 6.07) is 9.15. The molecule has 0 aliphatic rings. The van der Waals surface area contributed by atoms with E-state index in [4.69, 9.17) is 0 Å². The van der Waals surface area contributed by atoms with Gasteiger partial charge in [0.1, 0.15) is 0 Å². The van der Waals surface area contributed by atoms with Gasteiger partial charge in [0.15, 0.2) is 0 Å². The molecular weight excluding hydrogens is 250 g/mol. The van der Waals surface area contributed by atoms with Crippen molar-refractivity contribution >= 4 is 21.4 Å². The number of hydrogen-bond acceptors (Lipinski definition) is 2. The largest absolute Gasteiger partial charge is 0.309 e. The summed E-state index contributed by atoms with van der Waals surface area (Å²) in [5.41, 5.74) is 1.44. The van der Waals surface area contributed by atoms with Crippen molar-refractivity contribution in [2.45, 2.75) is 40.7 Å². The van der Waals surface area contributed by atoms with Crippen molar-refractivity contribution < 1.29 is 0 Å². The zero-order valence-electron chi connectivity index (χ0n) is 12.7. The Morgan fingerprint density at radius 3 is 2.42 bits per heavy atom. The molecule has 0 aliphatic carbocycles. The second kappa shape index (κ2) is 6.06. The van der Waals surface area contributed by atoms with Crippen LogP contribution in [0.3, 0.4) is 0 Å². The fourth-order valence-corrected chi connectivity index (χ4v) is 3.54. The molecule has 1 aromatic carbocycles. The Hall–Kier alpha value is -0.860. The lowest BCUT2D eigenvalue weighted by Crippen LogP contribution is -2.26. The second-order valence-corrected chi connectivity index (χ2v) is 7.02. The van der Waals surface area contributed by atoms with Crippen LogP contribution in [0.4, 0.5) is 0 Å². The molecule has 0 aliphatic heterocycles. The molecule has 0 bridgehead atoms. The Morgan fingerprint density at radius 2 is 1.79 bits per heavy atom. The average Bonchev–Trinajstić information content (AvgIpc) is 2.73. The normalized spacial score (nSPS) is 15.1. The summed E-state index contributed by atoms with van der Waals surface area (Å²) in [5, 5.41) is 5.10. The number of aryl methyl sites for hydroxylation is 1. The quantitative estimate of drug-likeness (QED) is 0.795. The van der Waals surface area contributed by atoms with Gasteiger partial charge in [-0.05, 0) is 49.2 Å². The molecule has 2 heteroatoms. The molecule has 1 N–H and O–H groups in total. The molecule has 2 unspecified atom stereocenters. The Morgan fingerprint density at radius 1 is 1.11 bits per heavy atom. The van der Waals surface area contributed by atoms with Gasteiger partial charge < -0.3 is 5.32 Å². The summed E-state index contributed by atoms with van der Waals surface area (Å²) in [5.74, 6) is 1.46. The first-order valence-corrected chi connectivity index (χ1v) is 8.03. The molecule has 104 valence electrons. The third kappa shape index (κ3) is 3.18. The molecule has 2 aromatic rings. The van der Waals surface area contributed by atoms with Crippen molar-refractivity contribution in [1.29, 1.82) is 0 Å². The lowest BCUT2D eigenvalue weighted by Gasteiger charge is -2.20. The number of fused-ring (bicyclic) bond motifs is 1. The third-order valence-corrected chi connectivity index (χ3v) is 5.61. The summed E-state index contributed by atoms with van der Waals surface area (Å²) in [6.07, 6.45) is 0. The summed E-state index contributed by atoms with van der Waals surface area (Å²) in [7, 11) is 0. The molecule has 1 heterocycles. The number of benzene rings is 1. The van der Waals surface area contributed by atoms with E-state index in [1.165, 1.54) is 20.5 Å². The van der Waals surface area contributed by atoms with E-state index < -0.39 is 0 Å². The molecule has 2 atom stereocenters.